The van der Waals surface area contributed by atoms with Gasteiger partial charge in [0.25, 0.3) is 11.8 Å². The number of morpholine rings is 1. The van der Waals surface area contributed by atoms with Crippen LogP contribution in [0.25, 0.3) is 0 Å². The van der Waals surface area contributed by atoms with E-state index >= 15 is 0 Å². The summed E-state index contributed by atoms with van der Waals surface area (Å²) in [5.74, 6) is -0.567. The van der Waals surface area contributed by atoms with Gasteiger partial charge in [-0.25, -0.2) is 4.39 Å². The van der Waals surface area contributed by atoms with Crippen LogP contribution in [-0.4, -0.2) is 56.1 Å². The first-order valence-corrected chi connectivity index (χ1v) is 13.4. The van der Waals surface area contributed by atoms with Crippen molar-refractivity contribution in [1.82, 2.24) is 10.6 Å². The Balaban J connectivity index is 1.28. The molecule has 192 valence electrons. The Morgan fingerprint density at radius 1 is 1.17 bits per heavy atom. The van der Waals surface area contributed by atoms with Crippen molar-refractivity contribution in [3.8, 4) is 0 Å². The number of thiophene rings is 1. The van der Waals surface area contributed by atoms with Crippen LogP contribution < -0.4 is 20.9 Å². The second kappa shape index (κ2) is 10.8. The van der Waals surface area contributed by atoms with E-state index in [0.717, 1.165) is 37.0 Å². The molecule has 1 saturated heterocycles. The second-order valence-electron chi connectivity index (χ2n) is 9.49. The van der Waals surface area contributed by atoms with Gasteiger partial charge in [-0.1, -0.05) is 11.6 Å². The molecule has 2 heterocycles. The monoisotopic (exact) mass is 534 g/mol. The van der Waals surface area contributed by atoms with Crippen molar-refractivity contribution in [2.45, 2.75) is 37.8 Å². The third-order valence-electron chi connectivity index (χ3n) is 6.74. The maximum atomic E-state index is 14.9. The summed E-state index contributed by atoms with van der Waals surface area (Å²) in [5, 5.41) is 8.94. The van der Waals surface area contributed by atoms with Crippen LogP contribution in [0.4, 0.5) is 15.8 Å². The molecular formula is C25H28ClFN4O4S. The number of rotatable bonds is 10. The first-order valence-electron chi connectivity index (χ1n) is 12.2. The van der Waals surface area contributed by atoms with Gasteiger partial charge in [0.1, 0.15) is 18.5 Å². The van der Waals surface area contributed by atoms with E-state index in [1.165, 1.54) is 17.0 Å². The zero-order valence-electron chi connectivity index (χ0n) is 19.6. The van der Waals surface area contributed by atoms with Crippen molar-refractivity contribution >= 4 is 52.0 Å². The van der Waals surface area contributed by atoms with Crippen molar-refractivity contribution < 1.29 is 23.5 Å². The molecule has 8 nitrogen and oxygen atoms in total. The molecule has 2 aliphatic carbocycles. The predicted octanol–water partition coefficient (Wildman–Crippen LogP) is 3.42. The highest BCUT2D eigenvalue weighted by atomic mass is 35.5. The zero-order valence-corrected chi connectivity index (χ0v) is 21.2. The Hall–Kier alpha value is -2.53. The van der Waals surface area contributed by atoms with Gasteiger partial charge in [-0.05, 0) is 67.9 Å². The summed E-state index contributed by atoms with van der Waals surface area (Å²) in [6.07, 6.45) is 4.50. The summed E-state index contributed by atoms with van der Waals surface area (Å²) in [5.41, 5.74) is 0.430. The number of benzene rings is 1. The van der Waals surface area contributed by atoms with E-state index in [1.807, 2.05) is 0 Å². The maximum absolute atomic E-state index is 14.9. The number of halogens is 2. The van der Waals surface area contributed by atoms with Crippen LogP contribution in [0.5, 0.6) is 0 Å². The molecule has 2 saturated carbocycles. The van der Waals surface area contributed by atoms with Crippen LogP contribution >= 0.6 is 22.9 Å². The minimum Gasteiger partial charge on any atom is -0.370 e. The number of amides is 3. The van der Waals surface area contributed by atoms with Gasteiger partial charge < -0.3 is 25.6 Å². The molecule has 11 heteroatoms. The molecule has 1 atom stereocenters. The Labute approximate surface area is 217 Å². The number of nitrogens with one attached hydrogen (secondary N) is 3. The van der Waals surface area contributed by atoms with E-state index in [1.54, 1.807) is 18.2 Å². The fraction of sp³-hybridized carbons (Fsp3) is 0.480. The van der Waals surface area contributed by atoms with Crippen LogP contribution in [0.1, 0.15) is 35.4 Å². The summed E-state index contributed by atoms with van der Waals surface area (Å²) >= 11 is 7.11. The lowest BCUT2D eigenvalue weighted by Gasteiger charge is -2.27. The number of hydrogen-bond donors (Lipinski definition) is 3. The van der Waals surface area contributed by atoms with E-state index < -0.39 is 17.8 Å². The van der Waals surface area contributed by atoms with Crippen LogP contribution in [0.15, 0.2) is 30.3 Å². The van der Waals surface area contributed by atoms with Gasteiger partial charge in [0.05, 0.1) is 21.5 Å². The molecule has 0 radical (unpaired) electrons. The zero-order chi connectivity index (χ0) is 25.2. The highest BCUT2D eigenvalue weighted by Crippen LogP contribution is 2.44. The van der Waals surface area contributed by atoms with Gasteiger partial charge in [-0.3, -0.25) is 14.4 Å². The highest BCUT2D eigenvalue weighted by Gasteiger charge is 2.43. The fourth-order valence-electron chi connectivity index (χ4n) is 4.53. The van der Waals surface area contributed by atoms with Crippen LogP contribution in [0, 0.1) is 17.7 Å². The lowest BCUT2D eigenvalue weighted by Crippen LogP contribution is -2.53. The molecule has 2 aromatic rings. The summed E-state index contributed by atoms with van der Waals surface area (Å²) in [6.45, 7) is 0.735. The number of carbonyl (C=O) groups is 3. The summed E-state index contributed by atoms with van der Waals surface area (Å²) < 4.78 is 20.6. The molecule has 1 aromatic heterocycles. The van der Waals surface area contributed by atoms with Gasteiger partial charge in [0.2, 0.25) is 5.91 Å². The average molecular weight is 535 g/mol. The minimum absolute atomic E-state index is 0.0158. The molecule has 1 aliphatic heterocycles. The fourth-order valence-corrected chi connectivity index (χ4v) is 5.49. The normalized spacial score (nSPS) is 18.9. The molecule has 0 unspecified atom stereocenters. The Morgan fingerprint density at radius 2 is 1.92 bits per heavy atom. The summed E-state index contributed by atoms with van der Waals surface area (Å²) in [6, 6.07) is 7.04. The van der Waals surface area contributed by atoms with E-state index in [0.29, 0.717) is 39.9 Å². The summed E-state index contributed by atoms with van der Waals surface area (Å²) in [4.78, 5) is 39.8. The molecule has 3 amide bonds. The smallest absolute Gasteiger partial charge is 0.261 e. The lowest BCUT2D eigenvalue weighted by atomic mass is 10.1. The van der Waals surface area contributed by atoms with Gasteiger partial charge in [-0.2, -0.15) is 0 Å². The van der Waals surface area contributed by atoms with E-state index in [-0.39, 0.29) is 36.7 Å². The molecular weight excluding hydrogens is 507 g/mol. The number of anilines is 2. The van der Waals surface area contributed by atoms with Crippen molar-refractivity contribution in [3.05, 3.63) is 45.4 Å². The summed E-state index contributed by atoms with van der Waals surface area (Å²) in [7, 11) is 0. The molecule has 36 heavy (non-hydrogen) atoms. The Bertz CT molecular complexity index is 1140. The van der Waals surface area contributed by atoms with E-state index in [2.05, 4.69) is 16.0 Å². The third-order valence-corrected chi connectivity index (χ3v) is 7.97. The highest BCUT2D eigenvalue weighted by molar-refractivity contribution is 7.18. The maximum Gasteiger partial charge on any atom is 0.261 e. The molecule has 3 aliphatic rings. The van der Waals surface area contributed by atoms with Crippen molar-refractivity contribution in [2.75, 3.05) is 36.5 Å². The van der Waals surface area contributed by atoms with Gasteiger partial charge in [-0.15, -0.1) is 11.3 Å². The average Bonchev–Trinajstić information content (AvgIpc) is 3.80. The molecule has 5 rings (SSSR count). The minimum atomic E-state index is -0.740. The van der Waals surface area contributed by atoms with Crippen LogP contribution in [-0.2, 0) is 14.3 Å². The van der Waals surface area contributed by atoms with Crippen LogP contribution in [0.2, 0.25) is 4.34 Å². The number of hydrogen-bond acceptors (Lipinski definition) is 6. The predicted molar refractivity (Wildman–Crippen MR) is 136 cm³/mol. The topological polar surface area (TPSA) is 99.8 Å². The van der Waals surface area contributed by atoms with Gasteiger partial charge in [0.15, 0.2) is 0 Å². The second-order valence-corrected chi connectivity index (χ2v) is 11.2. The van der Waals surface area contributed by atoms with E-state index in [4.69, 9.17) is 16.3 Å². The Morgan fingerprint density at radius 3 is 2.53 bits per heavy atom. The van der Waals surface area contributed by atoms with E-state index in [9.17, 15) is 18.8 Å². The van der Waals surface area contributed by atoms with Crippen molar-refractivity contribution in [1.29, 1.82) is 0 Å². The molecule has 3 N–H and O–H groups in total. The molecule has 1 aromatic carbocycles. The largest absolute Gasteiger partial charge is 0.370 e. The number of ether oxygens (including phenoxy) is 1. The lowest BCUT2D eigenvalue weighted by molar-refractivity contribution is -0.125. The third kappa shape index (κ3) is 6.05. The molecule has 0 spiro atoms. The first-order chi connectivity index (χ1) is 17.4. The van der Waals surface area contributed by atoms with Crippen molar-refractivity contribution in [2.24, 2.45) is 11.8 Å². The number of nitrogens with zero attached hydrogens (tertiary/aromatic N) is 1. The molecule has 0 bridgehead atoms. The number of carbonyl (C=O) groups excluding carboxylic acids is 3. The van der Waals surface area contributed by atoms with Gasteiger partial charge in [0, 0.05) is 24.8 Å². The van der Waals surface area contributed by atoms with Crippen LogP contribution in [0.3, 0.4) is 0 Å². The van der Waals surface area contributed by atoms with Gasteiger partial charge >= 0.3 is 0 Å². The SMILES string of the molecule is O=C(NC[C@H](NC(C1CC1)C1CC1)C(=O)Nc1ccc(N2CCOCC2=O)cc1F)c1ccc(Cl)s1. The first kappa shape index (κ1) is 25.1. The standard InChI is InChI=1S/C25H28ClFN4O4S/c26-21-8-7-20(36-21)25(34)28-12-19(29-23(14-1-2-14)15-3-4-15)24(33)30-18-6-5-16(11-17(18)27)31-9-10-35-13-22(31)32/h5-8,11,14-15,19,23,29H,1-4,9-10,12-13H2,(H,28,34)(H,30,33)/t19-/m0/s1. The quantitative estimate of drug-likeness (QED) is 0.434. The molecule has 3 fully saturated rings. The van der Waals surface area contributed by atoms with Crippen molar-refractivity contribution in [3.63, 3.8) is 0 Å². The Kier molecular flexibility index (Phi) is 7.57.